The normalized spacial score (nSPS) is 16.2. The third-order valence-electron chi connectivity index (χ3n) is 1.62. The van der Waals surface area contributed by atoms with Crippen LogP contribution in [-0.4, -0.2) is 15.0 Å². The lowest BCUT2D eigenvalue weighted by atomic mass is 10.2. The number of halogens is 1. The zero-order valence-electron chi connectivity index (χ0n) is 7.40. The van der Waals surface area contributed by atoms with Crippen molar-refractivity contribution in [2.75, 3.05) is 0 Å². The molecule has 0 unspecified atom stereocenters. The molecule has 0 fully saturated rings. The molecule has 4 nitrogen and oxygen atoms in total. The van der Waals surface area contributed by atoms with Crippen LogP contribution in [-0.2, 0) is 7.05 Å². The van der Waals surface area contributed by atoms with E-state index in [2.05, 4.69) is 26.5 Å². The maximum atomic E-state index is 4.33. The molecule has 0 aliphatic carbocycles. The molecule has 0 amide bonds. The lowest BCUT2D eigenvalue weighted by Crippen LogP contribution is -1.85. The maximum Gasteiger partial charge on any atom is 0.114 e. The van der Waals surface area contributed by atoms with Crippen molar-refractivity contribution in [3.63, 3.8) is 0 Å². The molecule has 68 valence electrons. The number of nitrogens with zero attached hydrogens (tertiary/aromatic N) is 4. The van der Waals surface area contributed by atoms with E-state index in [4.69, 9.17) is 0 Å². The van der Waals surface area contributed by atoms with Crippen molar-refractivity contribution in [3.8, 4) is 0 Å². The predicted molar refractivity (Wildman–Crippen MR) is 59.2 cm³/mol. The first-order valence-corrected chi connectivity index (χ1v) is 5.89. The zero-order valence-corrected chi connectivity index (χ0v) is 9.56. The summed E-state index contributed by atoms with van der Waals surface area (Å²) in [5.41, 5.74) is 1.96. The third kappa shape index (κ3) is 1.90. The van der Waals surface area contributed by atoms with Gasteiger partial charge in [0.05, 0.1) is 6.20 Å². The molecule has 0 spiro atoms. The molecule has 1 aliphatic rings. The van der Waals surface area contributed by atoms with Crippen LogP contribution in [0.1, 0.15) is 12.6 Å². The largest absolute Gasteiger partial charge is 0.255 e. The SMILES string of the molecule is CC1=CC(c2cn(C)nn2)=CN=I1. The molecule has 13 heavy (non-hydrogen) atoms. The average Bonchev–Trinajstić information content (AvgIpc) is 2.52. The summed E-state index contributed by atoms with van der Waals surface area (Å²) in [6, 6.07) is 0. The number of hydrogen-bond donors (Lipinski definition) is 0. The Labute approximate surface area is 86.5 Å². The van der Waals surface area contributed by atoms with E-state index in [1.165, 1.54) is 3.58 Å². The van der Waals surface area contributed by atoms with Crippen molar-refractivity contribution in [2.45, 2.75) is 6.92 Å². The van der Waals surface area contributed by atoms with Crippen LogP contribution >= 0.6 is 21.0 Å². The smallest absolute Gasteiger partial charge is 0.114 e. The van der Waals surface area contributed by atoms with Gasteiger partial charge < -0.3 is 0 Å². The monoisotopic (exact) mass is 288 g/mol. The Morgan fingerprint density at radius 2 is 2.31 bits per heavy atom. The fourth-order valence-corrected chi connectivity index (χ4v) is 2.40. The molecule has 1 aromatic heterocycles. The quantitative estimate of drug-likeness (QED) is 0.744. The molecule has 0 saturated heterocycles. The van der Waals surface area contributed by atoms with E-state index >= 15 is 0 Å². The molecule has 0 aromatic carbocycles. The third-order valence-corrected chi connectivity index (χ3v) is 3.25. The number of aryl methyl sites for hydroxylation is 1. The first kappa shape index (κ1) is 8.74. The van der Waals surface area contributed by atoms with E-state index in [0.717, 1.165) is 11.3 Å². The minimum atomic E-state index is -0.106. The topological polar surface area (TPSA) is 43.1 Å². The highest BCUT2D eigenvalue weighted by Crippen LogP contribution is 2.27. The Morgan fingerprint density at radius 1 is 1.46 bits per heavy atom. The van der Waals surface area contributed by atoms with Crippen LogP contribution in [0.15, 0.2) is 25.2 Å². The summed E-state index contributed by atoms with van der Waals surface area (Å²) < 4.78 is 7.39. The molecule has 0 saturated carbocycles. The highest BCUT2D eigenvalue weighted by molar-refractivity contribution is 14.2. The Kier molecular flexibility index (Phi) is 2.34. The van der Waals surface area contributed by atoms with Gasteiger partial charge in [0, 0.05) is 43.4 Å². The van der Waals surface area contributed by atoms with Gasteiger partial charge in [0.25, 0.3) is 0 Å². The van der Waals surface area contributed by atoms with E-state index < -0.39 is 0 Å². The van der Waals surface area contributed by atoms with Gasteiger partial charge in [0.1, 0.15) is 5.69 Å². The summed E-state index contributed by atoms with van der Waals surface area (Å²) in [5, 5.41) is 7.91. The van der Waals surface area contributed by atoms with Gasteiger partial charge in [-0.05, 0) is 13.0 Å². The lowest BCUT2D eigenvalue weighted by Gasteiger charge is -1.99. The summed E-state index contributed by atoms with van der Waals surface area (Å²) in [4.78, 5) is 0. The molecule has 1 aromatic rings. The van der Waals surface area contributed by atoms with Crippen molar-refractivity contribution >= 4 is 26.6 Å². The van der Waals surface area contributed by atoms with Crippen LogP contribution in [0.25, 0.3) is 5.57 Å². The zero-order chi connectivity index (χ0) is 9.26. The van der Waals surface area contributed by atoms with Crippen molar-refractivity contribution in [1.82, 2.24) is 15.0 Å². The van der Waals surface area contributed by atoms with Crippen LogP contribution in [0.4, 0.5) is 0 Å². The number of rotatable bonds is 1. The first-order chi connectivity index (χ1) is 6.25. The van der Waals surface area contributed by atoms with Gasteiger partial charge in [0.2, 0.25) is 0 Å². The van der Waals surface area contributed by atoms with Crippen LogP contribution in [0.3, 0.4) is 0 Å². The van der Waals surface area contributed by atoms with E-state index in [-0.39, 0.29) is 21.0 Å². The molecule has 0 radical (unpaired) electrons. The molecule has 5 heteroatoms. The fourth-order valence-electron chi connectivity index (χ4n) is 1.05. The van der Waals surface area contributed by atoms with Gasteiger partial charge in [0.15, 0.2) is 0 Å². The first-order valence-electron chi connectivity index (χ1n) is 3.85. The second-order valence-corrected chi connectivity index (χ2v) is 5.52. The summed E-state index contributed by atoms with van der Waals surface area (Å²) in [7, 11) is 1.86. The molecule has 2 rings (SSSR count). The summed E-state index contributed by atoms with van der Waals surface area (Å²) in [5.74, 6) is 0. The number of aromatic nitrogens is 3. The fraction of sp³-hybridized carbons (Fsp3) is 0.250. The molecule has 2 heterocycles. The Bertz CT molecular complexity index is 414. The van der Waals surface area contributed by atoms with Crippen LogP contribution in [0.5, 0.6) is 0 Å². The summed E-state index contributed by atoms with van der Waals surface area (Å²) in [6.45, 7) is 2.11. The van der Waals surface area contributed by atoms with E-state index in [9.17, 15) is 0 Å². The van der Waals surface area contributed by atoms with Gasteiger partial charge in [-0.1, -0.05) is 5.21 Å². The van der Waals surface area contributed by atoms with Gasteiger partial charge in [-0.3, -0.25) is 4.68 Å². The van der Waals surface area contributed by atoms with Crippen molar-refractivity contribution in [2.24, 2.45) is 10.2 Å². The predicted octanol–water partition coefficient (Wildman–Crippen LogP) is 2.23. The molecule has 0 bridgehead atoms. The maximum absolute atomic E-state index is 4.33. The minimum Gasteiger partial charge on any atom is -0.255 e. The van der Waals surface area contributed by atoms with Crippen LogP contribution in [0.2, 0.25) is 0 Å². The second-order valence-electron chi connectivity index (χ2n) is 2.78. The van der Waals surface area contributed by atoms with E-state index in [0.29, 0.717) is 0 Å². The molecular weight excluding hydrogens is 279 g/mol. The van der Waals surface area contributed by atoms with Crippen molar-refractivity contribution in [3.05, 3.63) is 27.7 Å². The minimum absolute atomic E-state index is 0.106. The molecule has 1 aliphatic heterocycles. The van der Waals surface area contributed by atoms with Crippen LogP contribution < -0.4 is 0 Å². The van der Waals surface area contributed by atoms with Crippen LogP contribution in [0, 0.1) is 0 Å². The van der Waals surface area contributed by atoms with E-state index in [1.54, 1.807) is 4.68 Å². The van der Waals surface area contributed by atoms with Gasteiger partial charge in [-0.2, -0.15) is 0 Å². The van der Waals surface area contributed by atoms with Gasteiger partial charge >= 0.3 is 0 Å². The average molecular weight is 288 g/mol. The number of hydrogen-bond acceptors (Lipinski definition) is 3. The standard InChI is InChI=1S/C8H9IN4/c1-6-3-7(4-10-9-6)8-5-13(2)12-11-8/h3-5H,1-2H3. The molecular formula is C8H9IN4. The Balaban J connectivity index is 2.38. The molecule has 0 N–H and O–H groups in total. The van der Waals surface area contributed by atoms with Crippen molar-refractivity contribution < 1.29 is 0 Å². The Hall–Kier alpha value is -0.850. The lowest BCUT2D eigenvalue weighted by molar-refractivity contribution is 0.714. The number of allylic oxidation sites excluding steroid dienone is 3. The van der Waals surface area contributed by atoms with Gasteiger partial charge in [-0.15, -0.1) is 5.10 Å². The van der Waals surface area contributed by atoms with Gasteiger partial charge in [-0.25, -0.2) is 3.15 Å². The molecule has 0 atom stereocenters. The second kappa shape index (κ2) is 3.49. The Morgan fingerprint density at radius 3 is 2.92 bits per heavy atom. The summed E-state index contributed by atoms with van der Waals surface area (Å²) >= 11 is -0.106. The van der Waals surface area contributed by atoms with E-state index in [1.807, 2.05) is 19.4 Å². The van der Waals surface area contributed by atoms with Crippen molar-refractivity contribution in [1.29, 1.82) is 0 Å². The highest BCUT2D eigenvalue weighted by atomic mass is 127. The highest BCUT2D eigenvalue weighted by Gasteiger charge is 2.05. The summed E-state index contributed by atoms with van der Waals surface area (Å²) in [6.07, 6.45) is 5.93.